The number of fused-ring (bicyclic) bond motifs is 3. The van der Waals surface area contributed by atoms with Crippen LogP contribution in [0.4, 0.5) is 0 Å². The van der Waals surface area contributed by atoms with Crippen LogP contribution in [0.3, 0.4) is 0 Å². The summed E-state index contributed by atoms with van der Waals surface area (Å²) in [6, 6.07) is 7.97. The van der Waals surface area contributed by atoms with E-state index in [9.17, 15) is 9.59 Å². The fourth-order valence-corrected chi connectivity index (χ4v) is 5.90. The number of hydrogen-bond acceptors (Lipinski definition) is 2. The minimum atomic E-state index is -0.808. The van der Waals surface area contributed by atoms with Crippen molar-refractivity contribution in [1.29, 1.82) is 0 Å². The van der Waals surface area contributed by atoms with Gasteiger partial charge in [-0.1, -0.05) is 20.8 Å². The molecule has 0 radical (unpaired) electrons. The maximum atomic E-state index is 13.3. The Morgan fingerprint density at radius 1 is 1.21 bits per heavy atom. The molecule has 5 nitrogen and oxygen atoms in total. The first-order valence-electron chi connectivity index (χ1n) is 10.2. The van der Waals surface area contributed by atoms with Crippen LogP contribution in [-0.2, 0) is 4.79 Å². The summed E-state index contributed by atoms with van der Waals surface area (Å²) in [7, 11) is 0. The summed E-state index contributed by atoms with van der Waals surface area (Å²) in [6.45, 7) is 9.70. The van der Waals surface area contributed by atoms with Crippen molar-refractivity contribution in [3.05, 3.63) is 36.0 Å². The fourth-order valence-electron chi connectivity index (χ4n) is 5.90. The molecule has 2 aliphatic rings. The molecule has 2 heterocycles. The van der Waals surface area contributed by atoms with Gasteiger partial charge in [0.2, 0.25) is 0 Å². The van der Waals surface area contributed by atoms with Gasteiger partial charge >= 0.3 is 5.97 Å². The van der Waals surface area contributed by atoms with Gasteiger partial charge in [-0.3, -0.25) is 9.59 Å². The normalized spacial score (nSPS) is 27.1. The Labute approximate surface area is 166 Å². The highest BCUT2D eigenvalue weighted by atomic mass is 16.4. The standard InChI is InChI=1S/C23H30N2O3/c1-15(9-20(26)27)24-8-7-16-10-17(5-6-19(16)24)21(28)25-14-23(4)12-18(25)11-22(2,3)13-23/h5-8,10,15,18H,9,11-14H2,1-4H3,(H,26,27). The molecule has 2 fully saturated rings. The zero-order valence-corrected chi connectivity index (χ0v) is 17.2. The van der Waals surface area contributed by atoms with Crippen LogP contribution in [0.5, 0.6) is 0 Å². The lowest BCUT2D eigenvalue weighted by molar-refractivity contribution is -0.137. The minimum Gasteiger partial charge on any atom is -0.481 e. The Kier molecular flexibility index (Phi) is 4.32. The summed E-state index contributed by atoms with van der Waals surface area (Å²) in [5, 5.41) is 10.0. The second-order valence-electron chi connectivity index (χ2n) is 10.1. The predicted octanol–water partition coefficient (Wildman–Crippen LogP) is 4.72. The Bertz CT molecular complexity index is 944. The van der Waals surface area contributed by atoms with E-state index in [2.05, 4.69) is 25.7 Å². The highest BCUT2D eigenvalue weighted by Crippen LogP contribution is 2.52. The SMILES string of the molecule is CC(CC(=O)O)n1ccc2cc(C(=O)N3CC4(C)CC3CC(C)(C)C4)ccc21. The van der Waals surface area contributed by atoms with E-state index in [-0.39, 0.29) is 29.2 Å². The van der Waals surface area contributed by atoms with Crippen molar-refractivity contribution in [1.82, 2.24) is 9.47 Å². The lowest BCUT2D eigenvalue weighted by Crippen LogP contribution is -2.37. The molecule has 1 aromatic carbocycles. The molecule has 150 valence electrons. The van der Waals surface area contributed by atoms with Gasteiger partial charge in [-0.25, -0.2) is 0 Å². The number of aliphatic carboxylic acids is 1. The van der Waals surface area contributed by atoms with Crippen LogP contribution in [0.2, 0.25) is 0 Å². The van der Waals surface area contributed by atoms with Gasteiger partial charge in [0, 0.05) is 41.3 Å². The van der Waals surface area contributed by atoms with Gasteiger partial charge in [0.15, 0.2) is 0 Å². The van der Waals surface area contributed by atoms with Crippen LogP contribution < -0.4 is 0 Å². The van der Waals surface area contributed by atoms with E-state index in [0.29, 0.717) is 6.04 Å². The van der Waals surface area contributed by atoms with E-state index in [1.54, 1.807) is 0 Å². The summed E-state index contributed by atoms with van der Waals surface area (Å²) >= 11 is 0. The van der Waals surface area contributed by atoms with Crippen LogP contribution in [0, 0.1) is 10.8 Å². The van der Waals surface area contributed by atoms with Crippen LogP contribution in [-0.4, -0.2) is 39.0 Å². The lowest BCUT2D eigenvalue weighted by atomic mass is 9.65. The first-order chi connectivity index (χ1) is 13.1. The highest BCUT2D eigenvalue weighted by molar-refractivity contribution is 5.98. The minimum absolute atomic E-state index is 0.0777. The molecule has 1 aliphatic heterocycles. The third-order valence-corrected chi connectivity index (χ3v) is 6.59. The van der Waals surface area contributed by atoms with E-state index in [4.69, 9.17) is 5.11 Å². The summed E-state index contributed by atoms with van der Waals surface area (Å²) in [6.07, 6.45) is 5.34. The average molecular weight is 383 g/mol. The number of nitrogens with zero attached hydrogens (tertiary/aromatic N) is 2. The van der Waals surface area contributed by atoms with Crippen molar-refractivity contribution in [3.8, 4) is 0 Å². The van der Waals surface area contributed by atoms with E-state index < -0.39 is 5.97 Å². The number of hydrogen-bond donors (Lipinski definition) is 1. The van der Waals surface area contributed by atoms with Crippen molar-refractivity contribution >= 4 is 22.8 Å². The molecule has 28 heavy (non-hydrogen) atoms. The summed E-state index contributed by atoms with van der Waals surface area (Å²) < 4.78 is 1.98. The molecule has 2 aromatic rings. The van der Waals surface area contributed by atoms with Crippen molar-refractivity contribution in [3.63, 3.8) is 0 Å². The molecule has 3 unspecified atom stereocenters. The quantitative estimate of drug-likeness (QED) is 0.832. The number of likely N-dealkylation sites (tertiary alicyclic amines) is 1. The number of rotatable bonds is 4. The Morgan fingerprint density at radius 2 is 1.96 bits per heavy atom. The molecule has 5 heteroatoms. The van der Waals surface area contributed by atoms with Gasteiger partial charge in [0.1, 0.15) is 0 Å². The zero-order chi connectivity index (χ0) is 20.3. The lowest BCUT2D eigenvalue weighted by Gasteiger charge is -2.39. The molecule has 1 aliphatic carbocycles. The van der Waals surface area contributed by atoms with Gasteiger partial charge in [0.05, 0.1) is 6.42 Å². The van der Waals surface area contributed by atoms with E-state index in [1.165, 1.54) is 6.42 Å². The second kappa shape index (κ2) is 6.36. The van der Waals surface area contributed by atoms with Gasteiger partial charge in [-0.15, -0.1) is 0 Å². The first-order valence-corrected chi connectivity index (χ1v) is 10.2. The molecule has 0 spiro atoms. The number of benzene rings is 1. The molecule has 4 rings (SSSR count). The molecule has 1 saturated heterocycles. The molecular formula is C23H30N2O3. The summed E-state index contributed by atoms with van der Waals surface area (Å²) in [4.78, 5) is 26.4. The zero-order valence-electron chi connectivity index (χ0n) is 17.2. The van der Waals surface area contributed by atoms with Gasteiger partial charge in [-0.2, -0.15) is 0 Å². The number of carbonyl (C=O) groups excluding carboxylic acids is 1. The maximum absolute atomic E-state index is 13.3. The third kappa shape index (κ3) is 3.31. The Balaban J connectivity index is 1.60. The molecule has 1 amide bonds. The molecule has 1 aromatic heterocycles. The topological polar surface area (TPSA) is 62.5 Å². The first kappa shape index (κ1) is 19.0. The Morgan fingerprint density at radius 3 is 2.68 bits per heavy atom. The Hall–Kier alpha value is -2.30. The highest BCUT2D eigenvalue weighted by Gasteiger charge is 2.51. The van der Waals surface area contributed by atoms with Crippen LogP contribution in [0.15, 0.2) is 30.5 Å². The smallest absolute Gasteiger partial charge is 0.305 e. The van der Waals surface area contributed by atoms with Gasteiger partial charge in [0.25, 0.3) is 5.91 Å². The fraction of sp³-hybridized carbons (Fsp3) is 0.565. The summed E-state index contributed by atoms with van der Waals surface area (Å²) in [5.74, 6) is -0.683. The average Bonchev–Trinajstić information content (AvgIpc) is 3.10. The monoisotopic (exact) mass is 382 g/mol. The molecule has 1 N–H and O–H groups in total. The number of carbonyl (C=O) groups is 2. The largest absolute Gasteiger partial charge is 0.481 e. The number of carboxylic acid groups (broad SMARTS) is 1. The van der Waals surface area contributed by atoms with Gasteiger partial charge in [-0.05, 0) is 61.3 Å². The van der Waals surface area contributed by atoms with Crippen molar-refractivity contribution in [2.75, 3.05) is 6.54 Å². The third-order valence-electron chi connectivity index (χ3n) is 6.59. The van der Waals surface area contributed by atoms with Gasteiger partial charge < -0.3 is 14.6 Å². The van der Waals surface area contributed by atoms with Crippen molar-refractivity contribution < 1.29 is 14.7 Å². The van der Waals surface area contributed by atoms with Crippen molar-refractivity contribution in [2.24, 2.45) is 10.8 Å². The number of aromatic nitrogens is 1. The van der Waals surface area contributed by atoms with Crippen LogP contribution in [0.1, 0.15) is 69.8 Å². The van der Waals surface area contributed by atoms with Crippen LogP contribution in [0.25, 0.3) is 10.9 Å². The number of carboxylic acids is 1. The van der Waals surface area contributed by atoms with E-state index in [1.807, 2.05) is 42.0 Å². The predicted molar refractivity (Wildman–Crippen MR) is 109 cm³/mol. The summed E-state index contributed by atoms with van der Waals surface area (Å²) in [5.41, 5.74) is 2.21. The van der Waals surface area contributed by atoms with Crippen LogP contribution >= 0.6 is 0 Å². The van der Waals surface area contributed by atoms with E-state index >= 15 is 0 Å². The molecule has 2 bridgehead atoms. The maximum Gasteiger partial charge on any atom is 0.305 e. The molecule has 3 atom stereocenters. The van der Waals surface area contributed by atoms with Crippen molar-refractivity contribution in [2.45, 2.75) is 65.5 Å². The second-order valence-corrected chi connectivity index (χ2v) is 10.1. The molecular weight excluding hydrogens is 352 g/mol. The van der Waals surface area contributed by atoms with E-state index in [0.717, 1.165) is 35.9 Å². The number of amides is 1. The molecule has 1 saturated carbocycles.